The van der Waals surface area contributed by atoms with E-state index in [1.165, 1.54) is 23.5 Å². The second-order valence-electron chi connectivity index (χ2n) is 5.76. The van der Waals surface area contributed by atoms with Crippen LogP contribution in [0.4, 0.5) is 10.8 Å². The van der Waals surface area contributed by atoms with E-state index >= 15 is 0 Å². The Balaban J connectivity index is 1.62. The third-order valence-electron chi connectivity index (χ3n) is 3.72. The number of nitrogens with one attached hydrogen (secondary N) is 1. The summed E-state index contributed by atoms with van der Waals surface area (Å²) in [6.07, 6.45) is 0. The van der Waals surface area contributed by atoms with Gasteiger partial charge < -0.3 is 14.8 Å². The van der Waals surface area contributed by atoms with Crippen molar-refractivity contribution in [3.05, 3.63) is 64.1 Å². The van der Waals surface area contributed by atoms with Gasteiger partial charge in [0.2, 0.25) is 10.0 Å². The number of ether oxygens (including phenoxy) is 2. The smallest absolute Gasteiger partial charge is 0.338 e. The Kier molecular flexibility index (Phi) is 6.38. The fourth-order valence-corrected chi connectivity index (χ4v) is 4.09. The molecule has 0 radical (unpaired) electrons. The number of hydrogen-bond acceptors (Lipinski definition) is 8. The number of primary sulfonamides is 1. The number of carbonyl (C=O) groups excluding carboxylic acids is 1. The molecule has 11 heteroatoms. The molecule has 2 aromatic carbocycles. The lowest BCUT2D eigenvalue weighted by Gasteiger charge is -2.06. The highest BCUT2D eigenvalue weighted by atomic mass is 35.5. The molecule has 0 fully saturated rings. The average molecular weight is 454 g/mol. The summed E-state index contributed by atoms with van der Waals surface area (Å²) in [4.78, 5) is 16.2. The van der Waals surface area contributed by atoms with Crippen molar-refractivity contribution in [1.82, 2.24) is 4.98 Å². The van der Waals surface area contributed by atoms with Gasteiger partial charge >= 0.3 is 5.97 Å². The number of aromatic nitrogens is 1. The molecule has 0 saturated heterocycles. The third kappa shape index (κ3) is 5.45. The highest BCUT2D eigenvalue weighted by molar-refractivity contribution is 7.89. The van der Waals surface area contributed by atoms with Crippen LogP contribution >= 0.6 is 22.9 Å². The summed E-state index contributed by atoms with van der Waals surface area (Å²) in [5, 5.41) is 10.5. The van der Waals surface area contributed by atoms with Crippen LogP contribution < -0.4 is 15.2 Å². The molecule has 0 amide bonds. The van der Waals surface area contributed by atoms with Crippen molar-refractivity contribution in [2.75, 3.05) is 12.4 Å². The van der Waals surface area contributed by atoms with Gasteiger partial charge in [-0.1, -0.05) is 11.6 Å². The lowest BCUT2D eigenvalue weighted by atomic mass is 10.2. The van der Waals surface area contributed by atoms with E-state index in [0.717, 1.165) is 17.5 Å². The predicted octanol–water partition coefficient (Wildman–Crippen LogP) is 3.55. The van der Waals surface area contributed by atoms with Gasteiger partial charge in [0.1, 0.15) is 17.3 Å². The van der Waals surface area contributed by atoms with Crippen LogP contribution in [0.1, 0.15) is 16.1 Å². The first-order chi connectivity index (χ1) is 13.8. The predicted molar refractivity (Wildman–Crippen MR) is 110 cm³/mol. The number of esters is 1. The van der Waals surface area contributed by atoms with Crippen molar-refractivity contribution in [2.24, 2.45) is 5.14 Å². The minimum Gasteiger partial charge on any atom is -0.497 e. The number of methoxy groups -OCH3 is 1. The Bertz CT molecular complexity index is 1130. The SMILES string of the molecule is COc1ccc(Nc2nc(COC(=O)c3ccc(Cl)c(S(N)(=O)=O)c3)cs2)cc1. The van der Waals surface area contributed by atoms with Crippen LogP contribution in [0.15, 0.2) is 52.7 Å². The molecule has 3 aromatic rings. The summed E-state index contributed by atoms with van der Waals surface area (Å²) in [5.41, 5.74) is 1.39. The quantitative estimate of drug-likeness (QED) is 0.524. The van der Waals surface area contributed by atoms with E-state index in [4.69, 9.17) is 26.2 Å². The highest BCUT2D eigenvalue weighted by Crippen LogP contribution is 2.24. The fourth-order valence-electron chi connectivity index (χ4n) is 2.30. The summed E-state index contributed by atoms with van der Waals surface area (Å²) in [5.74, 6) is 0.0271. The van der Waals surface area contributed by atoms with Crippen LogP contribution in [0, 0.1) is 0 Å². The van der Waals surface area contributed by atoms with Gasteiger partial charge in [0.05, 0.1) is 23.4 Å². The summed E-state index contributed by atoms with van der Waals surface area (Å²) in [6, 6.07) is 11.1. The summed E-state index contributed by atoms with van der Waals surface area (Å²) in [7, 11) is -2.46. The van der Waals surface area contributed by atoms with Gasteiger partial charge in [-0.25, -0.2) is 23.3 Å². The number of benzene rings is 2. The molecule has 3 N–H and O–H groups in total. The summed E-state index contributed by atoms with van der Waals surface area (Å²) < 4.78 is 33.3. The minimum atomic E-state index is -4.05. The van der Waals surface area contributed by atoms with Gasteiger partial charge in [0.25, 0.3) is 0 Å². The topological polar surface area (TPSA) is 121 Å². The summed E-state index contributed by atoms with van der Waals surface area (Å²) >= 11 is 7.16. The van der Waals surface area contributed by atoms with E-state index in [9.17, 15) is 13.2 Å². The first-order valence-electron chi connectivity index (χ1n) is 8.11. The second-order valence-corrected chi connectivity index (χ2v) is 8.56. The van der Waals surface area contributed by atoms with Crippen LogP contribution in [0.25, 0.3) is 0 Å². The number of thiazole rings is 1. The Hall–Kier alpha value is -2.66. The molecule has 29 heavy (non-hydrogen) atoms. The lowest BCUT2D eigenvalue weighted by molar-refractivity contribution is 0.0468. The van der Waals surface area contributed by atoms with Crippen LogP contribution in [0.2, 0.25) is 5.02 Å². The number of carbonyl (C=O) groups is 1. The van der Waals surface area contributed by atoms with E-state index < -0.39 is 16.0 Å². The minimum absolute atomic E-state index is 0.0187. The van der Waals surface area contributed by atoms with Crippen molar-refractivity contribution >= 4 is 49.7 Å². The number of sulfonamides is 1. The third-order valence-corrected chi connectivity index (χ3v) is 5.92. The number of rotatable bonds is 7. The van der Waals surface area contributed by atoms with Crippen LogP contribution in [-0.4, -0.2) is 26.5 Å². The molecule has 0 saturated carbocycles. The zero-order chi connectivity index (χ0) is 21.0. The molecule has 0 bridgehead atoms. The van der Waals surface area contributed by atoms with Crippen molar-refractivity contribution in [3.63, 3.8) is 0 Å². The van der Waals surface area contributed by atoms with Gasteiger partial charge in [-0.2, -0.15) is 0 Å². The molecule has 0 unspecified atom stereocenters. The maximum atomic E-state index is 12.2. The normalized spacial score (nSPS) is 11.1. The Morgan fingerprint density at radius 3 is 2.62 bits per heavy atom. The number of nitrogens with two attached hydrogens (primary N) is 1. The van der Waals surface area contributed by atoms with E-state index in [2.05, 4.69) is 10.3 Å². The zero-order valence-corrected chi connectivity index (χ0v) is 17.5. The first kappa shape index (κ1) is 21.1. The molecular formula is C18H16ClN3O5S2. The van der Waals surface area contributed by atoms with E-state index in [1.807, 2.05) is 24.3 Å². The van der Waals surface area contributed by atoms with Crippen molar-refractivity contribution in [1.29, 1.82) is 0 Å². The second kappa shape index (κ2) is 8.78. The van der Waals surface area contributed by atoms with Gasteiger partial charge in [0.15, 0.2) is 5.13 Å². The maximum absolute atomic E-state index is 12.2. The number of anilines is 2. The van der Waals surface area contributed by atoms with Gasteiger partial charge in [-0.05, 0) is 42.5 Å². The molecule has 1 heterocycles. The molecule has 152 valence electrons. The zero-order valence-electron chi connectivity index (χ0n) is 15.1. The largest absolute Gasteiger partial charge is 0.497 e. The van der Waals surface area contributed by atoms with E-state index in [0.29, 0.717) is 10.8 Å². The molecule has 3 rings (SSSR count). The standard InChI is InChI=1S/C18H16ClN3O5S2/c1-26-14-5-3-12(4-6-14)21-18-22-13(10-28-18)9-27-17(23)11-2-7-15(19)16(8-11)29(20,24)25/h2-8,10H,9H2,1H3,(H,21,22)(H2,20,24,25). The van der Waals surface area contributed by atoms with Crippen LogP contribution in [-0.2, 0) is 21.4 Å². The summed E-state index contributed by atoms with van der Waals surface area (Å²) in [6.45, 7) is -0.0764. The molecular weight excluding hydrogens is 438 g/mol. The van der Waals surface area contributed by atoms with Gasteiger partial charge in [-0.3, -0.25) is 0 Å². The number of nitrogens with zero attached hydrogens (tertiary/aromatic N) is 1. The Labute approximate surface area is 176 Å². The Morgan fingerprint density at radius 1 is 1.24 bits per heavy atom. The lowest BCUT2D eigenvalue weighted by Crippen LogP contribution is -2.14. The van der Waals surface area contributed by atoms with Crippen molar-refractivity contribution < 1.29 is 22.7 Å². The van der Waals surface area contributed by atoms with E-state index in [-0.39, 0.29) is 22.1 Å². The highest BCUT2D eigenvalue weighted by Gasteiger charge is 2.17. The molecule has 0 spiro atoms. The fraction of sp³-hybridized carbons (Fsp3) is 0.111. The van der Waals surface area contributed by atoms with Crippen LogP contribution in [0.3, 0.4) is 0 Å². The van der Waals surface area contributed by atoms with Crippen molar-refractivity contribution in [2.45, 2.75) is 11.5 Å². The molecule has 0 aliphatic heterocycles. The molecule has 0 atom stereocenters. The first-order valence-corrected chi connectivity index (χ1v) is 10.9. The van der Waals surface area contributed by atoms with E-state index in [1.54, 1.807) is 12.5 Å². The monoisotopic (exact) mass is 453 g/mol. The molecule has 8 nitrogen and oxygen atoms in total. The number of hydrogen-bond donors (Lipinski definition) is 2. The molecule has 0 aliphatic carbocycles. The molecule has 1 aromatic heterocycles. The maximum Gasteiger partial charge on any atom is 0.338 e. The average Bonchev–Trinajstić information content (AvgIpc) is 3.13. The molecule has 0 aliphatic rings. The van der Waals surface area contributed by atoms with Crippen molar-refractivity contribution in [3.8, 4) is 5.75 Å². The van der Waals surface area contributed by atoms with Gasteiger partial charge in [0, 0.05) is 11.1 Å². The number of halogens is 1. The van der Waals surface area contributed by atoms with Gasteiger partial charge in [-0.15, -0.1) is 11.3 Å². The van der Waals surface area contributed by atoms with Crippen LogP contribution in [0.5, 0.6) is 5.75 Å². The Morgan fingerprint density at radius 2 is 1.97 bits per heavy atom.